The van der Waals surface area contributed by atoms with E-state index in [4.69, 9.17) is 10.5 Å². The van der Waals surface area contributed by atoms with E-state index >= 15 is 0 Å². The van der Waals surface area contributed by atoms with Crippen LogP contribution in [0.25, 0.3) is 0 Å². The van der Waals surface area contributed by atoms with Crippen LogP contribution in [0.3, 0.4) is 0 Å². The molecule has 3 heterocycles. The number of anilines is 2. The zero-order valence-corrected chi connectivity index (χ0v) is 13.0. The van der Waals surface area contributed by atoms with Crippen LogP contribution in [0.1, 0.15) is 39.0 Å². The average Bonchev–Trinajstić information content (AvgIpc) is 3.12. The quantitative estimate of drug-likeness (QED) is 0.868. The van der Waals surface area contributed by atoms with E-state index < -0.39 is 0 Å². The number of rotatable bonds is 3. The minimum Gasteiger partial charge on any atom is -0.466 e. The van der Waals surface area contributed by atoms with Crippen molar-refractivity contribution >= 4 is 17.5 Å². The Morgan fingerprint density at radius 3 is 2.68 bits per heavy atom. The molecule has 5 heteroatoms. The molecule has 3 unspecified atom stereocenters. The lowest BCUT2D eigenvalue weighted by Gasteiger charge is -2.40. The van der Waals surface area contributed by atoms with Crippen molar-refractivity contribution in [3.63, 3.8) is 0 Å². The lowest BCUT2D eigenvalue weighted by molar-refractivity contribution is -0.145. The number of piperidine rings is 1. The summed E-state index contributed by atoms with van der Waals surface area (Å²) in [5, 5.41) is 0. The van der Waals surface area contributed by atoms with Crippen molar-refractivity contribution in [1.82, 2.24) is 4.98 Å². The van der Waals surface area contributed by atoms with E-state index in [1.807, 2.05) is 19.1 Å². The smallest absolute Gasteiger partial charge is 0.309 e. The molecule has 1 aliphatic carbocycles. The third kappa shape index (κ3) is 2.06. The molecule has 118 valence electrons. The number of nitrogens with zero attached hydrogens (tertiary/aromatic N) is 2. The Hall–Kier alpha value is -1.78. The van der Waals surface area contributed by atoms with Gasteiger partial charge in [0.05, 0.1) is 24.4 Å². The molecule has 0 amide bonds. The molecule has 2 N–H and O–H groups in total. The molecule has 1 spiro atoms. The number of ether oxygens (including phenoxy) is 1. The number of aromatic nitrogens is 1. The van der Waals surface area contributed by atoms with Gasteiger partial charge in [-0.25, -0.2) is 4.98 Å². The van der Waals surface area contributed by atoms with Gasteiger partial charge in [0.2, 0.25) is 0 Å². The molecule has 3 aliphatic rings. The first-order valence-electron chi connectivity index (χ1n) is 8.29. The fourth-order valence-electron chi connectivity index (χ4n) is 4.68. The van der Waals surface area contributed by atoms with Crippen LogP contribution in [0.4, 0.5) is 11.5 Å². The maximum atomic E-state index is 12.0. The fraction of sp³-hybridized carbons (Fsp3) is 0.647. The van der Waals surface area contributed by atoms with Crippen LogP contribution in [-0.2, 0) is 9.53 Å². The standard InChI is InChI=1S/C17H23N3O2/c1-2-22-16(21)14-9-17(14)7-12-4-5-13(8-17)20(12)15-6-3-11(18)10-19-15/h3,6,10,12-14H,2,4-5,7-9,18H2,1H3. The van der Waals surface area contributed by atoms with Crippen LogP contribution in [-0.4, -0.2) is 29.6 Å². The van der Waals surface area contributed by atoms with Gasteiger partial charge in [0.1, 0.15) is 5.82 Å². The molecule has 2 bridgehead atoms. The molecule has 0 aromatic carbocycles. The van der Waals surface area contributed by atoms with E-state index in [-0.39, 0.29) is 17.3 Å². The van der Waals surface area contributed by atoms with Crippen molar-refractivity contribution in [2.24, 2.45) is 11.3 Å². The summed E-state index contributed by atoms with van der Waals surface area (Å²) in [5.74, 6) is 1.18. The SMILES string of the molecule is CCOC(=O)C1CC12CC1CCC(C2)N1c1ccc(N)cn1. The van der Waals surface area contributed by atoms with Gasteiger partial charge in [-0.3, -0.25) is 4.79 Å². The van der Waals surface area contributed by atoms with Crippen molar-refractivity contribution in [2.45, 2.75) is 51.1 Å². The van der Waals surface area contributed by atoms with Crippen LogP contribution in [0.15, 0.2) is 18.3 Å². The Bertz CT molecular complexity index is 572. The number of carbonyl (C=O) groups is 1. The number of nitrogens with two attached hydrogens (primary N) is 1. The molecule has 4 rings (SSSR count). The summed E-state index contributed by atoms with van der Waals surface area (Å²) in [7, 11) is 0. The van der Waals surface area contributed by atoms with Crippen molar-refractivity contribution in [3.8, 4) is 0 Å². The molecule has 1 aromatic rings. The Morgan fingerprint density at radius 2 is 2.09 bits per heavy atom. The maximum absolute atomic E-state index is 12.0. The van der Waals surface area contributed by atoms with Crippen LogP contribution in [0, 0.1) is 11.3 Å². The van der Waals surface area contributed by atoms with E-state index in [0.717, 1.165) is 25.1 Å². The first-order valence-corrected chi connectivity index (χ1v) is 8.29. The zero-order chi connectivity index (χ0) is 15.3. The number of hydrogen-bond donors (Lipinski definition) is 1. The summed E-state index contributed by atoms with van der Waals surface area (Å²) < 4.78 is 5.23. The summed E-state index contributed by atoms with van der Waals surface area (Å²) in [6.45, 7) is 2.37. The van der Waals surface area contributed by atoms with E-state index in [2.05, 4.69) is 9.88 Å². The van der Waals surface area contributed by atoms with Gasteiger partial charge in [-0.15, -0.1) is 0 Å². The first-order chi connectivity index (χ1) is 10.6. The van der Waals surface area contributed by atoms with Crippen molar-refractivity contribution in [2.75, 3.05) is 17.2 Å². The van der Waals surface area contributed by atoms with Gasteiger partial charge in [0.25, 0.3) is 0 Å². The minimum absolute atomic E-state index is 0.0148. The minimum atomic E-state index is 0.0148. The molecular formula is C17H23N3O2. The summed E-state index contributed by atoms with van der Waals surface area (Å²) in [6, 6.07) is 4.96. The Morgan fingerprint density at radius 1 is 1.36 bits per heavy atom. The van der Waals surface area contributed by atoms with Crippen LogP contribution < -0.4 is 10.6 Å². The number of carbonyl (C=O) groups excluding carboxylic acids is 1. The second-order valence-electron chi connectivity index (χ2n) is 7.02. The lowest BCUT2D eigenvalue weighted by atomic mass is 9.85. The predicted molar refractivity (Wildman–Crippen MR) is 84.3 cm³/mol. The second kappa shape index (κ2) is 4.86. The molecule has 0 radical (unpaired) electrons. The van der Waals surface area contributed by atoms with Gasteiger partial charge in [-0.2, -0.15) is 0 Å². The van der Waals surface area contributed by atoms with Gasteiger partial charge in [-0.1, -0.05) is 0 Å². The van der Waals surface area contributed by atoms with Gasteiger partial charge >= 0.3 is 5.97 Å². The highest BCUT2D eigenvalue weighted by Crippen LogP contribution is 2.64. The Labute approximate surface area is 130 Å². The topological polar surface area (TPSA) is 68.5 Å². The van der Waals surface area contributed by atoms with Crippen LogP contribution in [0.2, 0.25) is 0 Å². The molecule has 1 saturated carbocycles. The highest BCUT2D eigenvalue weighted by Gasteiger charge is 2.64. The van der Waals surface area contributed by atoms with Gasteiger partial charge in [-0.05, 0) is 56.6 Å². The van der Waals surface area contributed by atoms with E-state index in [1.54, 1.807) is 6.20 Å². The van der Waals surface area contributed by atoms with Crippen LogP contribution >= 0.6 is 0 Å². The van der Waals surface area contributed by atoms with Gasteiger partial charge in [0, 0.05) is 12.1 Å². The highest BCUT2D eigenvalue weighted by molar-refractivity contribution is 5.77. The van der Waals surface area contributed by atoms with Crippen LogP contribution in [0.5, 0.6) is 0 Å². The Kier molecular flexibility index (Phi) is 3.06. The molecule has 5 nitrogen and oxygen atoms in total. The molecule has 1 aromatic heterocycles. The molecule has 3 fully saturated rings. The van der Waals surface area contributed by atoms with E-state index in [9.17, 15) is 4.79 Å². The number of pyridine rings is 1. The maximum Gasteiger partial charge on any atom is 0.309 e. The summed E-state index contributed by atoms with van der Waals surface area (Å²) in [5.41, 5.74) is 6.66. The number of nitrogen functional groups attached to an aromatic ring is 1. The van der Waals surface area contributed by atoms with Crippen molar-refractivity contribution in [1.29, 1.82) is 0 Å². The van der Waals surface area contributed by atoms with Crippen molar-refractivity contribution < 1.29 is 9.53 Å². The first kappa shape index (κ1) is 13.9. The monoisotopic (exact) mass is 301 g/mol. The number of fused-ring (bicyclic) bond motifs is 2. The molecule has 22 heavy (non-hydrogen) atoms. The summed E-state index contributed by atoms with van der Waals surface area (Å²) in [4.78, 5) is 19.0. The highest BCUT2D eigenvalue weighted by atomic mass is 16.5. The molecule has 2 saturated heterocycles. The zero-order valence-electron chi connectivity index (χ0n) is 13.0. The number of esters is 1. The predicted octanol–water partition coefficient (Wildman–Crippen LogP) is 2.36. The second-order valence-corrected chi connectivity index (χ2v) is 7.02. The van der Waals surface area contributed by atoms with Crippen molar-refractivity contribution in [3.05, 3.63) is 18.3 Å². The molecule has 3 atom stereocenters. The third-order valence-corrected chi connectivity index (χ3v) is 5.70. The molecular weight excluding hydrogens is 278 g/mol. The normalized spacial score (nSPS) is 35.7. The van der Waals surface area contributed by atoms with E-state index in [1.165, 1.54) is 12.8 Å². The Balaban J connectivity index is 1.51. The summed E-state index contributed by atoms with van der Waals surface area (Å²) >= 11 is 0. The fourth-order valence-corrected chi connectivity index (χ4v) is 4.68. The third-order valence-electron chi connectivity index (χ3n) is 5.70. The van der Waals surface area contributed by atoms with E-state index in [0.29, 0.717) is 24.4 Å². The average molecular weight is 301 g/mol. The van der Waals surface area contributed by atoms with Gasteiger partial charge < -0.3 is 15.4 Å². The lowest BCUT2D eigenvalue weighted by Crippen LogP contribution is -2.45. The summed E-state index contributed by atoms with van der Waals surface area (Å²) in [6.07, 6.45) is 7.35. The largest absolute Gasteiger partial charge is 0.466 e. The number of hydrogen-bond acceptors (Lipinski definition) is 5. The molecule has 2 aliphatic heterocycles. The van der Waals surface area contributed by atoms with Gasteiger partial charge in [0.15, 0.2) is 0 Å².